The molecule has 5 atom stereocenters. The lowest BCUT2D eigenvalue weighted by atomic mass is 9.89. The van der Waals surface area contributed by atoms with Crippen molar-refractivity contribution < 1.29 is 28.9 Å². The minimum Gasteiger partial charge on any atom is -0.453 e. The molecule has 0 saturated carbocycles. The number of rotatable bonds is 11. The monoisotopic (exact) mass is 679 g/mol. The van der Waals surface area contributed by atoms with Crippen LogP contribution >= 0.6 is 0 Å². The third kappa shape index (κ3) is 8.72. The van der Waals surface area contributed by atoms with Gasteiger partial charge in [-0.1, -0.05) is 67.6 Å². The van der Waals surface area contributed by atoms with Gasteiger partial charge in [-0.05, 0) is 52.9 Å². The van der Waals surface area contributed by atoms with Crippen LogP contribution in [0.25, 0.3) is 11.1 Å². The number of nitrogens with one attached hydrogen (secondary N) is 1. The van der Waals surface area contributed by atoms with Gasteiger partial charge in [0.1, 0.15) is 0 Å². The third-order valence-electron chi connectivity index (χ3n) is 9.37. The highest BCUT2D eigenvalue weighted by atomic mass is 16.7. The molecule has 50 heavy (non-hydrogen) atoms. The minimum absolute atomic E-state index is 0.0104. The smallest absolute Gasteiger partial charge is 0.303 e. The summed E-state index contributed by atoms with van der Waals surface area (Å²) in [5.74, 6) is -0.0151. The number of benzene rings is 3. The summed E-state index contributed by atoms with van der Waals surface area (Å²) >= 11 is 0. The van der Waals surface area contributed by atoms with Gasteiger partial charge in [-0.2, -0.15) is 0 Å². The van der Waals surface area contributed by atoms with Gasteiger partial charge in [-0.15, -0.1) is 0 Å². The largest absolute Gasteiger partial charge is 0.453 e. The van der Waals surface area contributed by atoms with E-state index in [0.29, 0.717) is 6.54 Å². The quantitative estimate of drug-likeness (QED) is 0.213. The van der Waals surface area contributed by atoms with Crippen LogP contribution in [-0.2, 0) is 37.0 Å². The normalized spacial score (nSPS) is 21.7. The van der Waals surface area contributed by atoms with Gasteiger partial charge in [0.05, 0.1) is 18.8 Å². The Labute approximate surface area is 293 Å². The Morgan fingerprint density at radius 1 is 0.900 bits per heavy atom. The van der Waals surface area contributed by atoms with Crippen molar-refractivity contribution in [3.05, 3.63) is 114 Å². The van der Waals surface area contributed by atoms with E-state index < -0.39 is 18.4 Å². The number of aromatic nitrogens is 2. The van der Waals surface area contributed by atoms with Crippen molar-refractivity contribution in [1.82, 2.24) is 20.2 Å². The standard InChI is InChI=1S/C39H45N5O6/c1-26-35(24-43-17-19-44(20-18-43)39-40-15-6-16-41-39)49-38(50-36(26)31-13-11-29(25-45)12-14-31)34-10-5-9-33(22-34)32-8-4-7-30(21-32)23-42-37(47)27(2)48-28(3)46/h4-16,21-22,26-27,35-36,38,45H,17-20,23-25H2,1-3H3,(H,42,47)/t26-,27+,35+,36+,38+/m1/s1. The SMILES string of the molecule is CC(=O)O[C@@H](C)C(=O)NCc1cccc(-c2cccc([C@H]3O[C@@H](CN4CCN(c5ncccn5)CC4)[C@@H](C)[C@@H](c4ccc(CO)cc4)O3)c2)c1. The lowest BCUT2D eigenvalue weighted by Crippen LogP contribution is -2.51. The molecule has 0 radical (unpaired) electrons. The van der Waals surface area contributed by atoms with Crippen LogP contribution in [0.5, 0.6) is 0 Å². The number of esters is 1. The number of amides is 1. The van der Waals surface area contributed by atoms with Crippen molar-refractivity contribution in [2.75, 3.05) is 37.6 Å². The van der Waals surface area contributed by atoms with Crippen molar-refractivity contribution in [3.63, 3.8) is 0 Å². The zero-order valence-corrected chi connectivity index (χ0v) is 28.8. The van der Waals surface area contributed by atoms with Gasteiger partial charge < -0.3 is 29.5 Å². The molecule has 262 valence electrons. The molecule has 4 aromatic rings. The van der Waals surface area contributed by atoms with E-state index in [1.165, 1.54) is 6.92 Å². The van der Waals surface area contributed by atoms with E-state index in [4.69, 9.17) is 14.2 Å². The summed E-state index contributed by atoms with van der Waals surface area (Å²) < 4.78 is 18.6. The second-order valence-corrected chi connectivity index (χ2v) is 13.0. The highest BCUT2D eigenvalue weighted by molar-refractivity contribution is 5.82. The van der Waals surface area contributed by atoms with Crippen LogP contribution in [0.1, 0.15) is 55.4 Å². The third-order valence-corrected chi connectivity index (χ3v) is 9.37. The zero-order chi connectivity index (χ0) is 35.0. The van der Waals surface area contributed by atoms with Gasteiger partial charge >= 0.3 is 5.97 Å². The lowest BCUT2D eigenvalue weighted by molar-refractivity contribution is -0.276. The number of aliphatic hydroxyl groups excluding tert-OH is 1. The second-order valence-electron chi connectivity index (χ2n) is 13.0. The van der Waals surface area contributed by atoms with Crippen LogP contribution in [0.3, 0.4) is 0 Å². The van der Waals surface area contributed by atoms with Gasteiger partial charge in [-0.25, -0.2) is 9.97 Å². The number of aliphatic hydroxyl groups is 1. The number of nitrogens with zero attached hydrogens (tertiary/aromatic N) is 4. The highest BCUT2D eigenvalue weighted by Gasteiger charge is 2.39. The van der Waals surface area contributed by atoms with Gasteiger partial charge in [0.2, 0.25) is 5.95 Å². The Hall–Kier alpha value is -4.68. The summed E-state index contributed by atoms with van der Waals surface area (Å²) in [6, 6.07) is 26.0. The summed E-state index contributed by atoms with van der Waals surface area (Å²) in [7, 11) is 0. The van der Waals surface area contributed by atoms with Crippen molar-refractivity contribution in [2.24, 2.45) is 5.92 Å². The summed E-state index contributed by atoms with van der Waals surface area (Å²) in [5, 5.41) is 12.5. The van der Waals surface area contributed by atoms with E-state index in [9.17, 15) is 14.7 Å². The maximum Gasteiger partial charge on any atom is 0.303 e. The van der Waals surface area contributed by atoms with Crippen molar-refractivity contribution in [2.45, 2.75) is 58.5 Å². The number of piperazine rings is 1. The van der Waals surface area contributed by atoms with Crippen LogP contribution in [0.4, 0.5) is 5.95 Å². The first-order chi connectivity index (χ1) is 24.3. The van der Waals surface area contributed by atoms with Gasteiger partial charge in [0.25, 0.3) is 5.91 Å². The van der Waals surface area contributed by atoms with Crippen LogP contribution in [0.2, 0.25) is 0 Å². The van der Waals surface area contributed by atoms with E-state index in [0.717, 1.165) is 72.1 Å². The topological polar surface area (TPSA) is 126 Å². The molecule has 0 aliphatic carbocycles. The summed E-state index contributed by atoms with van der Waals surface area (Å²) in [4.78, 5) is 37.2. The molecule has 1 amide bonds. The Kier molecular flexibility index (Phi) is 11.5. The molecule has 1 aromatic heterocycles. The molecule has 0 unspecified atom stereocenters. The number of hydrogen-bond acceptors (Lipinski definition) is 10. The molecule has 2 saturated heterocycles. The molecule has 0 bridgehead atoms. The molecule has 11 heteroatoms. The number of hydrogen-bond donors (Lipinski definition) is 2. The van der Waals surface area contributed by atoms with E-state index in [2.05, 4.69) is 38.1 Å². The Balaban J connectivity index is 1.19. The van der Waals surface area contributed by atoms with Crippen LogP contribution in [0, 0.1) is 5.92 Å². The van der Waals surface area contributed by atoms with E-state index >= 15 is 0 Å². The molecule has 2 aliphatic rings. The molecule has 3 heterocycles. The van der Waals surface area contributed by atoms with E-state index in [1.54, 1.807) is 19.3 Å². The Bertz CT molecular complexity index is 1730. The first-order valence-corrected chi connectivity index (χ1v) is 17.2. The average molecular weight is 680 g/mol. The number of carbonyl (C=O) groups is 2. The predicted molar refractivity (Wildman–Crippen MR) is 189 cm³/mol. The minimum atomic E-state index is -0.862. The molecular weight excluding hydrogens is 634 g/mol. The average Bonchev–Trinajstić information content (AvgIpc) is 3.15. The molecule has 6 rings (SSSR count). The summed E-state index contributed by atoms with van der Waals surface area (Å²) in [5.41, 5.74) is 5.72. The molecule has 2 fully saturated rings. The maximum atomic E-state index is 12.4. The molecule has 2 N–H and O–H groups in total. The highest BCUT2D eigenvalue weighted by Crippen LogP contribution is 2.42. The fourth-order valence-corrected chi connectivity index (χ4v) is 6.53. The van der Waals surface area contributed by atoms with Gasteiger partial charge in [0, 0.05) is 70.1 Å². The molecule has 11 nitrogen and oxygen atoms in total. The van der Waals surface area contributed by atoms with Crippen LogP contribution in [-0.4, -0.2) is 76.8 Å². The summed E-state index contributed by atoms with van der Waals surface area (Å²) in [6.07, 6.45) is 1.79. The van der Waals surface area contributed by atoms with Gasteiger partial charge in [-0.3, -0.25) is 14.5 Å². The molecular formula is C39H45N5O6. The molecule has 3 aromatic carbocycles. The van der Waals surface area contributed by atoms with E-state index in [-0.39, 0.29) is 30.6 Å². The number of anilines is 1. The van der Waals surface area contributed by atoms with Crippen molar-refractivity contribution in [3.8, 4) is 11.1 Å². The van der Waals surface area contributed by atoms with E-state index in [1.807, 2.05) is 72.8 Å². The first kappa shape index (κ1) is 35.2. The van der Waals surface area contributed by atoms with Gasteiger partial charge in [0.15, 0.2) is 12.4 Å². The Morgan fingerprint density at radius 2 is 1.60 bits per heavy atom. The Morgan fingerprint density at radius 3 is 2.30 bits per heavy atom. The van der Waals surface area contributed by atoms with Crippen molar-refractivity contribution in [1.29, 1.82) is 0 Å². The molecule has 0 spiro atoms. The fraction of sp³-hybridized carbons (Fsp3) is 0.385. The fourth-order valence-electron chi connectivity index (χ4n) is 6.53. The second kappa shape index (κ2) is 16.4. The maximum absolute atomic E-state index is 12.4. The zero-order valence-electron chi connectivity index (χ0n) is 28.8. The van der Waals surface area contributed by atoms with Crippen LogP contribution in [0.15, 0.2) is 91.3 Å². The van der Waals surface area contributed by atoms with Crippen molar-refractivity contribution >= 4 is 17.8 Å². The lowest BCUT2D eigenvalue weighted by Gasteiger charge is -2.44. The first-order valence-electron chi connectivity index (χ1n) is 17.2. The number of carbonyl (C=O) groups excluding carboxylic acids is 2. The molecule has 2 aliphatic heterocycles. The van der Waals surface area contributed by atoms with Crippen LogP contribution < -0.4 is 10.2 Å². The predicted octanol–water partition coefficient (Wildman–Crippen LogP) is 4.82. The summed E-state index contributed by atoms with van der Waals surface area (Å²) in [6.45, 7) is 9.51. The number of ether oxygens (including phenoxy) is 3.